The van der Waals surface area contributed by atoms with Crippen LogP contribution in [0.25, 0.3) is 0 Å². The first-order valence-corrected chi connectivity index (χ1v) is 9.47. The highest BCUT2D eigenvalue weighted by Crippen LogP contribution is 2.25. The third-order valence-electron chi connectivity index (χ3n) is 4.84. The quantitative estimate of drug-likeness (QED) is 0.832. The van der Waals surface area contributed by atoms with Crippen molar-refractivity contribution in [1.82, 2.24) is 10.2 Å². The largest absolute Gasteiger partial charge is 0.497 e. The number of benzene rings is 2. The van der Waals surface area contributed by atoms with Crippen molar-refractivity contribution in [2.75, 3.05) is 27.3 Å². The minimum atomic E-state index is -0.139. The second-order valence-electron chi connectivity index (χ2n) is 6.62. The van der Waals surface area contributed by atoms with E-state index in [0.717, 1.165) is 0 Å². The number of rotatable bonds is 5. The molecule has 1 aliphatic heterocycles. The number of hydrogen-bond acceptors (Lipinski definition) is 4. The Morgan fingerprint density at radius 1 is 1.07 bits per heavy atom. The molecule has 0 aliphatic carbocycles. The highest BCUT2D eigenvalue weighted by molar-refractivity contribution is 6.31. The summed E-state index contributed by atoms with van der Waals surface area (Å²) in [7, 11) is 3.10. The molecule has 1 aliphatic rings. The van der Waals surface area contributed by atoms with E-state index in [0.29, 0.717) is 53.6 Å². The number of methoxy groups -OCH3 is 2. The highest BCUT2D eigenvalue weighted by Gasteiger charge is 2.26. The molecule has 0 unspecified atom stereocenters. The Balaban J connectivity index is 1.59. The molecule has 1 fully saturated rings. The molecule has 148 valence electrons. The summed E-state index contributed by atoms with van der Waals surface area (Å²) >= 11 is 6.03. The van der Waals surface area contributed by atoms with E-state index in [1.165, 1.54) is 7.11 Å². The van der Waals surface area contributed by atoms with E-state index in [2.05, 4.69) is 5.32 Å². The van der Waals surface area contributed by atoms with Gasteiger partial charge in [0, 0.05) is 29.7 Å². The fourth-order valence-corrected chi connectivity index (χ4v) is 3.45. The van der Waals surface area contributed by atoms with Crippen molar-refractivity contribution in [2.45, 2.75) is 18.9 Å². The van der Waals surface area contributed by atoms with Crippen LogP contribution in [0.5, 0.6) is 11.5 Å². The molecular weight excluding hydrogens is 380 g/mol. The number of hydrogen-bond donors (Lipinski definition) is 1. The van der Waals surface area contributed by atoms with Crippen LogP contribution in [0, 0.1) is 0 Å². The average Bonchev–Trinajstić information content (AvgIpc) is 2.73. The van der Waals surface area contributed by atoms with Crippen LogP contribution in [0.2, 0.25) is 5.02 Å². The Morgan fingerprint density at radius 3 is 2.50 bits per heavy atom. The summed E-state index contributed by atoms with van der Waals surface area (Å²) in [6, 6.07) is 12.1. The smallest absolute Gasteiger partial charge is 0.257 e. The van der Waals surface area contributed by atoms with Crippen LogP contribution in [-0.4, -0.2) is 50.1 Å². The molecule has 0 spiro atoms. The molecule has 0 radical (unpaired) electrons. The number of piperidine rings is 1. The number of amides is 2. The number of nitrogens with one attached hydrogen (secondary N) is 1. The first-order valence-electron chi connectivity index (χ1n) is 9.09. The molecule has 2 aromatic carbocycles. The third kappa shape index (κ3) is 4.57. The van der Waals surface area contributed by atoms with Gasteiger partial charge in [0.05, 0.1) is 19.8 Å². The van der Waals surface area contributed by atoms with Gasteiger partial charge < -0.3 is 19.7 Å². The molecule has 28 heavy (non-hydrogen) atoms. The Bertz CT molecular complexity index is 863. The molecule has 0 bridgehead atoms. The van der Waals surface area contributed by atoms with Crippen molar-refractivity contribution < 1.29 is 19.1 Å². The van der Waals surface area contributed by atoms with E-state index < -0.39 is 0 Å². The van der Waals surface area contributed by atoms with Gasteiger partial charge in [-0.15, -0.1) is 0 Å². The van der Waals surface area contributed by atoms with E-state index in [1.807, 2.05) is 0 Å². The zero-order chi connectivity index (χ0) is 20.1. The van der Waals surface area contributed by atoms with Gasteiger partial charge in [0.2, 0.25) is 0 Å². The summed E-state index contributed by atoms with van der Waals surface area (Å²) in [4.78, 5) is 27.1. The fourth-order valence-electron chi connectivity index (χ4n) is 3.28. The molecule has 1 N–H and O–H groups in total. The van der Waals surface area contributed by atoms with E-state index in [-0.39, 0.29) is 17.9 Å². The van der Waals surface area contributed by atoms with Gasteiger partial charge in [0.15, 0.2) is 0 Å². The zero-order valence-electron chi connectivity index (χ0n) is 15.9. The predicted octanol–water partition coefficient (Wildman–Crippen LogP) is 3.39. The van der Waals surface area contributed by atoms with Crippen LogP contribution in [0.3, 0.4) is 0 Å². The second-order valence-corrected chi connectivity index (χ2v) is 7.05. The lowest BCUT2D eigenvalue weighted by Crippen LogP contribution is -2.46. The number of halogens is 1. The summed E-state index contributed by atoms with van der Waals surface area (Å²) in [6.07, 6.45) is 1.37. The fraction of sp³-hybridized carbons (Fsp3) is 0.333. The highest BCUT2D eigenvalue weighted by atomic mass is 35.5. The molecule has 1 heterocycles. The number of likely N-dealkylation sites (tertiary alicyclic amines) is 1. The lowest BCUT2D eigenvalue weighted by Gasteiger charge is -2.32. The van der Waals surface area contributed by atoms with Gasteiger partial charge in [0.25, 0.3) is 11.8 Å². The van der Waals surface area contributed by atoms with E-state index in [9.17, 15) is 9.59 Å². The molecule has 7 heteroatoms. The van der Waals surface area contributed by atoms with Gasteiger partial charge >= 0.3 is 0 Å². The number of carbonyl (C=O) groups is 2. The molecule has 0 saturated carbocycles. The van der Waals surface area contributed by atoms with Gasteiger partial charge in [0.1, 0.15) is 11.5 Å². The van der Waals surface area contributed by atoms with Crippen molar-refractivity contribution in [3.63, 3.8) is 0 Å². The minimum Gasteiger partial charge on any atom is -0.497 e. The lowest BCUT2D eigenvalue weighted by molar-refractivity contribution is 0.0695. The third-order valence-corrected chi connectivity index (χ3v) is 5.08. The number of carbonyl (C=O) groups excluding carboxylic acids is 2. The van der Waals surface area contributed by atoms with Crippen LogP contribution < -0.4 is 14.8 Å². The Morgan fingerprint density at radius 2 is 1.82 bits per heavy atom. The van der Waals surface area contributed by atoms with Crippen molar-refractivity contribution in [3.8, 4) is 11.5 Å². The first kappa shape index (κ1) is 20.0. The summed E-state index contributed by atoms with van der Waals surface area (Å²) in [5, 5.41) is 3.53. The van der Waals surface area contributed by atoms with Crippen LogP contribution >= 0.6 is 11.6 Å². The van der Waals surface area contributed by atoms with E-state index >= 15 is 0 Å². The van der Waals surface area contributed by atoms with Gasteiger partial charge in [-0.2, -0.15) is 0 Å². The first-order chi connectivity index (χ1) is 13.5. The van der Waals surface area contributed by atoms with Gasteiger partial charge in [-0.25, -0.2) is 0 Å². The molecule has 6 nitrogen and oxygen atoms in total. The van der Waals surface area contributed by atoms with Crippen molar-refractivity contribution in [1.29, 1.82) is 0 Å². The molecular formula is C21H23ClN2O4. The normalized spacial score (nSPS) is 14.5. The molecule has 1 saturated heterocycles. The van der Waals surface area contributed by atoms with Crippen LogP contribution in [0.1, 0.15) is 33.6 Å². The maximum Gasteiger partial charge on any atom is 0.257 e. The average molecular weight is 403 g/mol. The minimum absolute atomic E-state index is 0.0176. The number of nitrogens with zero attached hydrogens (tertiary/aromatic N) is 1. The molecule has 2 aromatic rings. The SMILES string of the molecule is COc1cccc(C(=O)NC2CCN(C(=O)c3cc(Cl)ccc3OC)CC2)c1. The summed E-state index contributed by atoms with van der Waals surface area (Å²) in [5.74, 6) is 0.892. The van der Waals surface area contributed by atoms with Gasteiger partial charge in [-0.1, -0.05) is 17.7 Å². The van der Waals surface area contributed by atoms with Gasteiger partial charge in [-0.05, 0) is 49.2 Å². The summed E-state index contributed by atoms with van der Waals surface area (Å²) in [6.45, 7) is 1.11. The van der Waals surface area contributed by atoms with Gasteiger partial charge in [-0.3, -0.25) is 9.59 Å². The zero-order valence-corrected chi connectivity index (χ0v) is 16.7. The topological polar surface area (TPSA) is 67.9 Å². The molecule has 3 rings (SSSR count). The summed E-state index contributed by atoms with van der Waals surface area (Å²) < 4.78 is 10.4. The van der Waals surface area contributed by atoms with Crippen molar-refractivity contribution >= 4 is 23.4 Å². The van der Waals surface area contributed by atoms with E-state index in [4.69, 9.17) is 21.1 Å². The van der Waals surface area contributed by atoms with Crippen molar-refractivity contribution in [3.05, 3.63) is 58.6 Å². The Kier molecular flexibility index (Phi) is 6.41. The molecule has 2 amide bonds. The molecule has 0 aromatic heterocycles. The van der Waals surface area contributed by atoms with Crippen molar-refractivity contribution in [2.24, 2.45) is 0 Å². The Labute approximate surface area is 169 Å². The number of ether oxygens (including phenoxy) is 2. The maximum absolute atomic E-state index is 12.8. The van der Waals surface area contributed by atoms with Crippen LogP contribution in [-0.2, 0) is 0 Å². The standard InChI is InChI=1S/C21H23ClN2O4/c1-27-17-5-3-4-14(12-17)20(25)23-16-8-10-24(11-9-16)21(26)18-13-15(22)6-7-19(18)28-2/h3-7,12-13,16H,8-11H2,1-2H3,(H,23,25). The predicted molar refractivity (Wildman–Crippen MR) is 107 cm³/mol. The molecule has 0 atom stereocenters. The second kappa shape index (κ2) is 8.97. The summed E-state index contributed by atoms with van der Waals surface area (Å²) in [5.41, 5.74) is 1.01. The van der Waals surface area contributed by atoms with E-state index in [1.54, 1.807) is 54.5 Å². The Hall–Kier alpha value is -2.73. The lowest BCUT2D eigenvalue weighted by atomic mass is 10.0. The van der Waals surface area contributed by atoms with Crippen LogP contribution in [0.15, 0.2) is 42.5 Å². The monoisotopic (exact) mass is 402 g/mol. The maximum atomic E-state index is 12.8. The van der Waals surface area contributed by atoms with Crippen LogP contribution in [0.4, 0.5) is 0 Å².